The van der Waals surface area contributed by atoms with Crippen molar-refractivity contribution >= 4 is 33.5 Å². The molecule has 4 saturated carbocycles. The molecule has 4 fully saturated rings. The van der Waals surface area contributed by atoms with Crippen molar-refractivity contribution in [3.05, 3.63) is 132 Å². The summed E-state index contributed by atoms with van der Waals surface area (Å²) in [4.78, 5) is 23.2. The third kappa shape index (κ3) is 5.40. The number of carbonyl (C=O) groups is 2. The Morgan fingerprint density at radius 1 is 0.558 bits per heavy atom. The first-order valence-corrected chi connectivity index (χ1v) is 18.1. The van der Waals surface area contributed by atoms with E-state index in [1.165, 1.54) is 49.5 Å². The molecule has 4 bridgehead atoms. The van der Waals surface area contributed by atoms with Crippen LogP contribution < -0.4 is 9.47 Å². The van der Waals surface area contributed by atoms with E-state index in [1.807, 2.05) is 24.3 Å². The average Bonchev–Trinajstić information content (AvgIpc) is 3.10. The van der Waals surface area contributed by atoms with Crippen LogP contribution in [0.15, 0.2) is 115 Å². The Hall–Kier alpha value is -5.62. The van der Waals surface area contributed by atoms with Crippen molar-refractivity contribution in [3.63, 3.8) is 0 Å². The molecule has 2 atom stereocenters. The molecule has 2 unspecified atom stereocenters. The SMILES string of the molecule is CC12CC3CC(C)(C1)CC(c1cccc4c(-c5c(Oc6ccc(C(=O)O)cc6)ccc6ccccc56)c(Oc5ccc(C(=O)O)cc5)ccc14)(C3)C2. The van der Waals surface area contributed by atoms with Gasteiger partial charge >= 0.3 is 11.9 Å². The number of hydrogen-bond acceptors (Lipinski definition) is 4. The van der Waals surface area contributed by atoms with E-state index >= 15 is 0 Å². The van der Waals surface area contributed by atoms with Crippen LogP contribution in [0.1, 0.15) is 78.7 Å². The predicted octanol–water partition coefficient (Wildman–Crippen LogP) is 11.9. The van der Waals surface area contributed by atoms with Gasteiger partial charge in [0.1, 0.15) is 23.0 Å². The third-order valence-corrected chi connectivity index (χ3v) is 12.0. The lowest BCUT2D eigenvalue weighted by Gasteiger charge is -2.65. The molecule has 0 radical (unpaired) electrons. The van der Waals surface area contributed by atoms with Gasteiger partial charge in [-0.25, -0.2) is 9.59 Å². The van der Waals surface area contributed by atoms with Gasteiger partial charge in [-0.1, -0.05) is 68.4 Å². The monoisotopic (exact) mass is 688 g/mol. The van der Waals surface area contributed by atoms with E-state index in [-0.39, 0.29) is 16.5 Å². The van der Waals surface area contributed by atoms with Crippen LogP contribution in [-0.4, -0.2) is 22.2 Å². The number of rotatable bonds is 8. The number of ether oxygens (including phenoxy) is 2. The van der Waals surface area contributed by atoms with Crippen molar-refractivity contribution in [2.24, 2.45) is 16.7 Å². The van der Waals surface area contributed by atoms with Gasteiger partial charge in [0.05, 0.1) is 11.1 Å². The highest BCUT2D eigenvalue weighted by molar-refractivity contribution is 6.10. The van der Waals surface area contributed by atoms with Gasteiger partial charge in [-0.2, -0.15) is 0 Å². The van der Waals surface area contributed by atoms with Gasteiger partial charge < -0.3 is 19.7 Å². The van der Waals surface area contributed by atoms with Crippen LogP contribution in [0.3, 0.4) is 0 Å². The first kappa shape index (κ1) is 32.3. The van der Waals surface area contributed by atoms with Crippen LogP contribution >= 0.6 is 0 Å². The quantitative estimate of drug-likeness (QED) is 0.165. The van der Waals surface area contributed by atoms with Crippen molar-refractivity contribution in [2.45, 2.75) is 57.8 Å². The highest BCUT2D eigenvalue weighted by Gasteiger charge is 2.60. The number of carboxylic acid groups (broad SMARTS) is 2. The minimum Gasteiger partial charge on any atom is -0.478 e. The Morgan fingerprint density at radius 2 is 1.10 bits per heavy atom. The van der Waals surface area contributed by atoms with Crippen LogP contribution in [0.4, 0.5) is 0 Å². The van der Waals surface area contributed by atoms with Crippen molar-refractivity contribution in [1.29, 1.82) is 0 Å². The molecule has 0 amide bonds. The molecular formula is C46H40O6. The normalized spacial score (nSPS) is 24.6. The van der Waals surface area contributed by atoms with Crippen LogP contribution in [0.25, 0.3) is 32.7 Å². The fraction of sp³-hybridized carbons (Fsp3) is 0.261. The highest BCUT2D eigenvalue weighted by atomic mass is 16.5. The molecule has 4 aliphatic carbocycles. The smallest absolute Gasteiger partial charge is 0.335 e. The minimum atomic E-state index is -0.996. The van der Waals surface area contributed by atoms with Crippen LogP contribution in [0.5, 0.6) is 23.0 Å². The van der Waals surface area contributed by atoms with E-state index in [0.717, 1.165) is 33.2 Å². The van der Waals surface area contributed by atoms with E-state index in [4.69, 9.17) is 9.47 Å². The zero-order valence-electron chi connectivity index (χ0n) is 29.3. The summed E-state index contributed by atoms with van der Waals surface area (Å²) in [5.74, 6) is 1.03. The highest BCUT2D eigenvalue weighted by Crippen LogP contribution is 2.70. The van der Waals surface area contributed by atoms with E-state index in [1.54, 1.807) is 48.5 Å². The van der Waals surface area contributed by atoms with Gasteiger partial charge in [0, 0.05) is 11.1 Å². The molecule has 0 aromatic heterocycles. The summed E-state index contributed by atoms with van der Waals surface area (Å²) < 4.78 is 13.4. The lowest BCUT2D eigenvalue weighted by atomic mass is 9.39. The number of fused-ring (bicyclic) bond motifs is 2. The van der Waals surface area contributed by atoms with Gasteiger partial charge in [0.2, 0.25) is 0 Å². The van der Waals surface area contributed by atoms with E-state index < -0.39 is 11.9 Å². The van der Waals surface area contributed by atoms with Crippen LogP contribution in [-0.2, 0) is 5.41 Å². The fourth-order valence-electron chi connectivity index (χ4n) is 11.1. The van der Waals surface area contributed by atoms with Crippen molar-refractivity contribution in [2.75, 3.05) is 0 Å². The van der Waals surface area contributed by atoms with Crippen molar-refractivity contribution in [1.82, 2.24) is 0 Å². The second-order valence-electron chi connectivity index (χ2n) is 16.3. The summed E-state index contributed by atoms with van der Waals surface area (Å²) >= 11 is 0. The minimum absolute atomic E-state index is 0.0959. The zero-order chi connectivity index (χ0) is 35.8. The van der Waals surface area contributed by atoms with Gasteiger partial charge in [-0.15, -0.1) is 0 Å². The largest absolute Gasteiger partial charge is 0.478 e. The van der Waals surface area contributed by atoms with E-state index in [2.05, 4.69) is 56.3 Å². The molecule has 6 aromatic carbocycles. The molecule has 0 spiro atoms. The summed E-state index contributed by atoms with van der Waals surface area (Å²) in [5.41, 5.74) is 4.32. The van der Waals surface area contributed by atoms with Crippen molar-refractivity contribution in [3.8, 4) is 34.1 Å². The van der Waals surface area contributed by atoms with Crippen molar-refractivity contribution < 1.29 is 29.3 Å². The fourth-order valence-corrected chi connectivity index (χ4v) is 11.1. The number of aromatic carboxylic acids is 2. The molecule has 0 heterocycles. The summed E-state index contributed by atoms with van der Waals surface area (Å²) in [5, 5.41) is 23.3. The second-order valence-corrected chi connectivity index (χ2v) is 16.3. The molecule has 0 aliphatic heterocycles. The van der Waals surface area contributed by atoms with Gasteiger partial charge in [-0.05, 0) is 148 Å². The maximum atomic E-state index is 11.6. The lowest BCUT2D eigenvalue weighted by molar-refractivity contribution is -0.109. The first-order chi connectivity index (χ1) is 25.0. The maximum absolute atomic E-state index is 11.6. The molecule has 52 heavy (non-hydrogen) atoms. The Morgan fingerprint density at radius 3 is 1.67 bits per heavy atom. The van der Waals surface area contributed by atoms with Gasteiger partial charge in [-0.3, -0.25) is 0 Å². The summed E-state index contributed by atoms with van der Waals surface area (Å²) in [6.45, 7) is 5.04. The molecule has 0 saturated heterocycles. The molecule has 2 N–H and O–H groups in total. The second kappa shape index (κ2) is 11.7. The Kier molecular flexibility index (Phi) is 7.27. The molecule has 10 rings (SSSR count). The summed E-state index contributed by atoms with van der Waals surface area (Å²) in [7, 11) is 0. The predicted molar refractivity (Wildman–Crippen MR) is 203 cm³/mol. The topological polar surface area (TPSA) is 93.1 Å². The van der Waals surface area contributed by atoms with E-state index in [0.29, 0.717) is 33.8 Å². The maximum Gasteiger partial charge on any atom is 0.335 e. The molecular weight excluding hydrogens is 649 g/mol. The van der Waals surface area contributed by atoms with Gasteiger partial charge in [0.25, 0.3) is 0 Å². The first-order valence-electron chi connectivity index (χ1n) is 18.1. The standard InChI is InChI=1S/C46H40O6/c1-44-22-28-23-45(2,25-44)27-46(24-28,26-44)37-9-5-8-36-35(37)19-21-39(52-33-17-12-31(13-18-33)43(49)50)41(36)40-34-7-4-3-6-29(34)14-20-38(40)51-32-15-10-30(11-16-32)42(47)48/h3-21,28H,22-27H2,1-2H3,(H,47,48)(H,49,50). The molecule has 6 aromatic rings. The summed E-state index contributed by atoms with van der Waals surface area (Å²) in [6, 6.07) is 36.2. The van der Waals surface area contributed by atoms with Crippen LogP contribution in [0.2, 0.25) is 0 Å². The molecule has 4 aliphatic rings. The van der Waals surface area contributed by atoms with Gasteiger partial charge in [0.15, 0.2) is 0 Å². The molecule has 6 nitrogen and oxygen atoms in total. The Bertz CT molecular complexity index is 2390. The summed E-state index contributed by atoms with van der Waals surface area (Å²) in [6.07, 6.45) is 7.56. The number of carboxylic acids is 2. The Labute approximate surface area is 302 Å². The zero-order valence-corrected chi connectivity index (χ0v) is 29.3. The molecule has 6 heteroatoms. The number of benzene rings is 6. The average molecular weight is 689 g/mol. The lowest BCUT2D eigenvalue weighted by Crippen LogP contribution is -2.56. The number of hydrogen-bond donors (Lipinski definition) is 2. The van der Waals surface area contributed by atoms with E-state index in [9.17, 15) is 19.8 Å². The Balaban J connectivity index is 1.28. The van der Waals surface area contributed by atoms with Crippen LogP contribution in [0, 0.1) is 16.7 Å². The molecule has 260 valence electrons. The third-order valence-electron chi connectivity index (χ3n) is 12.0.